The highest BCUT2D eigenvalue weighted by Gasteiger charge is 2.34. The smallest absolute Gasteiger partial charge is 0.407 e. The maximum Gasteiger partial charge on any atom is 0.407 e. The molecule has 2 aromatic heterocycles. The Bertz CT molecular complexity index is 2390. The molecule has 0 aliphatic carbocycles. The van der Waals surface area contributed by atoms with Crippen LogP contribution in [0.4, 0.5) is 9.18 Å². The number of likely N-dealkylation sites (tertiary alicyclic amines) is 2. The van der Waals surface area contributed by atoms with Crippen molar-refractivity contribution in [1.29, 1.82) is 0 Å². The first kappa shape index (κ1) is 62.2. The summed E-state index contributed by atoms with van der Waals surface area (Å²) in [6.45, 7) is 26.5. The quantitative estimate of drug-likeness (QED) is 0.0651. The Morgan fingerprint density at radius 1 is 0.986 bits per heavy atom. The SMILES string of the molecule is C=N/C=C(\NCC1CCCN1C(=O)CNC(=O)OC)c1ccc2c(c1)cc1n2C(c2cnco2)Oc2cc(/C(=C/C)NC(=C)[C@H]3CCCN3C=O)cc(F)c2-1.CCC.CCC(C)C.CCCC.COC.NC=O. The molecule has 18 heteroatoms. The predicted molar refractivity (Wildman–Crippen MR) is 290 cm³/mol. The monoisotopic (exact) mass is 1020 g/mol. The zero-order chi connectivity index (χ0) is 54.5. The molecule has 2 unspecified atom stereocenters. The molecule has 0 bridgehead atoms. The summed E-state index contributed by atoms with van der Waals surface area (Å²) in [5.41, 5.74) is 9.16. The first-order valence-corrected chi connectivity index (χ1v) is 25.1. The number of carbonyl (C=O) groups excluding carboxylic acids is 4. The van der Waals surface area contributed by atoms with E-state index in [1.54, 1.807) is 42.5 Å². The van der Waals surface area contributed by atoms with E-state index in [4.69, 9.17) is 13.9 Å². The van der Waals surface area contributed by atoms with Gasteiger partial charge in [0.1, 0.15) is 18.1 Å². The number of hydrogen-bond acceptors (Lipinski definition) is 12. The summed E-state index contributed by atoms with van der Waals surface area (Å²) in [7, 11) is 4.50. The van der Waals surface area contributed by atoms with E-state index in [0.717, 1.165) is 54.5 Å². The van der Waals surface area contributed by atoms with Crippen molar-refractivity contribution in [2.45, 2.75) is 125 Å². The van der Waals surface area contributed by atoms with Gasteiger partial charge in [0.05, 0.1) is 41.8 Å². The molecule has 4 aromatic rings. The van der Waals surface area contributed by atoms with E-state index in [9.17, 15) is 14.4 Å². The fraction of sp³-hybridized carbons (Fsp3) is 0.491. The summed E-state index contributed by atoms with van der Waals surface area (Å²) in [4.78, 5) is 56.2. The minimum atomic E-state index is -0.790. The Morgan fingerprint density at radius 3 is 2.21 bits per heavy atom. The summed E-state index contributed by atoms with van der Waals surface area (Å²) in [6.07, 6.45) is 14.5. The molecule has 3 aliphatic rings. The van der Waals surface area contributed by atoms with Crippen LogP contribution in [0.5, 0.6) is 5.75 Å². The maximum atomic E-state index is 16.5. The van der Waals surface area contributed by atoms with Gasteiger partial charge in [0.25, 0.3) is 0 Å². The molecule has 73 heavy (non-hydrogen) atoms. The third kappa shape index (κ3) is 18.2. The van der Waals surface area contributed by atoms with Crippen LogP contribution >= 0.6 is 0 Å². The molecule has 5 heterocycles. The first-order valence-electron chi connectivity index (χ1n) is 25.1. The second kappa shape index (κ2) is 33.7. The molecule has 402 valence electrons. The van der Waals surface area contributed by atoms with Gasteiger partial charge in [-0.3, -0.25) is 23.9 Å². The fourth-order valence-electron chi connectivity index (χ4n) is 7.73. The van der Waals surface area contributed by atoms with Crippen molar-refractivity contribution in [3.63, 3.8) is 0 Å². The van der Waals surface area contributed by atoms with Crippen LogP contribution in [-0.2, 0) is 23.9 Å². The number of aliphatic imine (C=N–C) groups is 1. The highest BCUT2D eigenvalue weighted by atomic mass is 19.1. The van der Waals surface area contributed by atoms with E-state index in [2.05, 4.69) is 103 Å². The van der Waals surface area contributed by atoms with Gasteiger partial charge in [0.2, 0.25) is 25.0 Å². The van der Waals surface area contributed by atoms with Crippen molar-refractivity contribution in [2.24, 2.45) is 16.6 Å². The number of aromatic nitrogens is 2. The number of oxazole rings is 1. The highest BCUT2D eigenvalue weighted by Crippen LogP contribution is 2.46. The number of ether oxygens (including phenoxy) is 3. The molecule has 3 aliphatic heterocycles. The number of benzene rings is 2. The van der Waals surface area contributed by atoms with Crippen molar-refractivity contribution >= 4 is 53.8 Å². The zero-order valence-corrected chi connectivity index (χ0v) is 45.1. The van der Waals surface area contributed by atoms with Gasteiger partial charge in [-0.25, -0.2) is 14.2 Å². The van der Waals surface area contributed by atoms with E-state index < -0.39 is 18.1 Å². The number of carbonyl (C=O) groups is 4. The van der Waals surface area contributed by atoms with Gasteiger partial charge in [-0.1, -0.05) is 92.9 Å². The highest BCUT2D eigenvalue weighted by molar-refractivity contribution is 5.92. The number of amides is 4. The van der Waals surface area contributed by atoms with Gasteiger partial charge in [-0.05, 0) is 81.1 Å². The number of alkyl carbamates (subject to hydrolysis) is 1. The first-order chi connectivity index (χ1) is 35.2. The number of allylic oxidation sites excluding steroid dienone is 1. The molecule has 2 aromatic carbocycles. The van der Waals surface area contributed by atoms with Crippen LogP contribution < -0.4 is 26.4 Å². The number of primary amides is 1. The minimum Gasteiger partial charge on any atom is -0.462 e. The summed E-state index contributed by atoms with van der Waals surface area (Å²) in [6, 6.07) is 10.8. The summed E-state index contributed by atoms with van der Waals surface area (Å²) in [5, 5.41) is 10.0. The second-order valence-corrected chi connectivity index (χ2v) is 17.6. The molecule has 3 atom stereocenters. The van der Waals surface area contributed by atoms with E-state index in [1.165, 1.54) is 45.3 Å². The molecule has 0 radical (unpaired) electrons. The Hall–Kier alpha value is -6.95. The molecule has 2 saturated heterocycles. The predicted octanol–water partition coefficient (Wildman–Crippen LogP) is 10.0. The lowest BCUT2D eigenvalue weighted by Crippen LogP contribution is -2.45. The Morgan fingerprint density at radius 2 is 1.64 bits per heavy atom. The number of unbranched alkanes of at least 4 members (excludes halogenated alkanes) is 1. The normalized spacial score (nSPS) is 16.3. The molecule has 0 spiro atoms. The number of hydrogen-bond donors (Lipinski definition) is 4. The molecule has 17 nitrogen and oxygen atoms in total. The molecule has 5 N–H and O–H groups in total. The van der Waals surface area contributed by atoms with Gasteiger partial charge in [0.15, 0.2) is 12.2 Å². The lowest BCUT2D eigenvalue weighted by Gasteiger charge is -2.29. The number of nitrogens with one attached hydrogen (secondary N) is 3. The van der Waals surface area contributed by atoms with Gasteiger partial charge in [-0.2, -0.15) is 0 Å². The van der Waals surface area contributed by atoms with E-state index in [1.807, 2.05) is 41.8 Å². The van der Waals surface area contributed by atoms with E-state index in [-0.39, 0.29) is 30.9 Å². The number of rotatable bonds is 15. The fourth-order valence-corrected chi connectivity index (χ4v) is 7.73. The minimum absolute atomic E-state index is 0.0973. The molecule has 4 amide bonds. The number of methoxy groups -OCH3 is 2. The van der Waals surface area contributed by atoms with Crippen LogP contribution in [0.25, 0.3) is 33.6 Å². The molecule has 2 fully saturated rings. The van der Waals surface area contributed by atoms with Gasteiger partial charge in [0, 0.05) is 68.4 Å². The van der Waals surface area contributed by atoms with Crippen molar-refractivity contribution < 1.29 is 42.2 Å². The van der Waals surface area contributed by atoms with Crippen molar-refractivity contribution in [2.75, 3.05) is 47.5 Å². The summed E-state index contributed by atoms with van der Waals surface area (Å²) < 4.78 is 39.5. The second-order valence-electron chi connectivity index (χ2n) is 17.6. The topological polar surface area (TPSA) is 208 Å². The number of fused-ring (bicyclic) bond motifs is 5. The molecule has 0 saturated carbocycles. The van der Waals surface area contributed by atoms with Crippen molar-refractivity contribution in [3.8, 4) is 17.0 Å². The van der Waals surface area contributed by atoms with E-state index >= 15 is 4.39 Å². The summed E-state index contributed by atoms with van der Waals surface area (Å²) in [5.74, 6) is 0.970. The van der Waals surface area contributed by atoms with Crippen LogP contribution in [-0.4, -0.2) is 110 Å². The van der Waals surface area contributed by atoms with Crippen LogP contribution in [0.15, 0.2) is 83.0 Å². The van der Waals surface area contributed by atoms with Crippen molar-refractivity contribution in [1.82, 2.24) is 35.3 Å². The zero-order valence-electron chi connectivity index (χ0n) is 45.1. The Balaban J connectivity index is 0.000000882. The Labute approximate surface area is 432 Å². The van der Waals surface area contributed by atoms with Crippen molar-refractivity contribution in [3.05, 3.63) is 96.2 Å². The van der Waals surface area contributed by atoms with Gasteiger partial charge < -0.3 is 50.1 Å². The average molecular weight is 1020 g/mol. The number of nitrogens with zero attached hydrogens (tertiary/aromatic N) is 5. The van der Waals surface area contributed by atoms with Gasteiger partial charge in [-0.15, -0.1) is 0 Å². The third-order valence-electron chi connectivity index (χ3n) is 11.7. The number of halogens is 1. The maximum absolute atomic E-state index is 16.5. The summed E-state index contributed by atoms with van der Waals surface area (Å²) >= 11 is 0. The van der Waals surface area contributed by atoms with E-state index in [0.29, 0.717) is 65.1 Å². The Kier molecular flexibility index (Phi) is 28.7. The lowest BCUT2D eigenvalue weighted by molar-refractivity contribution is -0.130. The molecular weight excluding hydrogens is 934 g/mol. The third-order valence-corrected chi connectivity index (χ3v) is 11.7. The van der Waals surface area contributed by atoms with Crippen LogP contribution in [0.3, 0.4) is 0 Å². The lowest BCUT2D eigenvalue weighted by atomic mass is 10.0. The molecule has 7 rings (SSSR count). The number of nitrogens with two attached hydrogens (primary N) is 1. The molecular formula is C55H82FN9O8. The van der Waals surface area contributed by atoms with Crippen LogP contribution in [0.1, 0.15) is 130 Å². The average Bonchev–Trinajstić information content (AvgIpc) is 4.24. The van der Waals surface area contributed by atoms with Crippen LogP contribution in [0.2, 0.25) is 0 Å². The van der Waals surface area contributed by atoms with Crippen LogP contribution in [0, 0.1) is 11.7 Å². The standard InChI is InChI=1S/C40H43FN8O6.C5H12.C4H10.C3H8.C2H6O.CH3NO/c1-5-30(46-24(2)32-9-7-12-47(32)23-50)26-15-29(41)38-34-16-27-14-25(10-11-33(27)49(34)39(55-35(38)17-26)36-20-43-22-54-36)31(19-42-3)44-18-28-8-6-13-48(28)37(51)21-45-40(52)53-4;1-4-5(2)3;1-3-4-2;2*1-3-2;2-1-3/h5,10-11,14-17,19-20,22-23,28,32,39,44,46H,2-3,6-9,12-13,18,21H2,1,4H3,(H,45,52);5H,4H2,1-3H3;3-4H2,1-2H3;3H2,1-2H3;1-2H3;1H,(H2,2,3)/b30-5-,31-19-;;;;;/t28?,32-,39?;;;;;/m1...../s1. The largest absolute Gasteiger partial charge is 0.462 e. The van der Waals surface area contributed by atoms with Gasteiger partial charge >= 0.3 is 6.09 Å².